The maximum atomic E-state index is 11.3. The largest absolute Gasteiger partial charge is 0.481 e. The van der Waals surface area contributed by atoms with Crippen LogP contribution >= 0.6 is 50.7 Å². The highest BCUT2D eigenvalue weighted by atomic mass is 79.9. The van der Waals surface area contributed by atoms with Gasteiger partial charge >= 0.3 is 5.97 Å². The molecule has 0 saturated heterocycles. The lowest BCUT2D eigenvalue weighted by atomic mass is 9.90. The molecule has 0 aromatic carbocycles. The zero-order valence-corrected chi connectivity index (χ0v) is 12.7. The summed E-state index contributed by atoms with van der Waals surface area (Å²) in [5, 5.41) is 10.2. The first-order chi connectivity index (χ1) is 8.36. The van der Waals surface area contributed by atoms with Gasteiger partial charge in [0.1, 0.15) is 5.92 Å². The molecule has 0 bridgehead atoms. The van der Waals surface area contributed by atoms with Gasteiger partial charge in [0.2, 0.25) is 0 Å². The predicted molar refractivity (Wildman–Crippen MR) is 75.5 cm³/mol. The molecule has 0 spiro atoms. The van der Waals surface area contributed by atoms with Crippen LogP contribution in [0.4, 0.5) is 0 Å². The fourth-order valence-electron chi connectivity index (χ4n) is 1.81. The van der Waals surface area contributed by atoms with E-state index in [2.05, 4.69) is 20.9 Å². The number of aliphatic carboxylic acids is 1. The van der Waals surface area contributed by atoms with Crippen LogP contribution in [0.25, 0.3) is 5.03 Å². The number of aromatic nitrogens is 1. The average molecular weight is 371 g/mol. The molecule has 0 radical (unpaired) electrons. The third-order valence-corrected chi connectivity index (χ3v) is 4.23. The fourth-order valence-corrected chi connectivity index (χ4v) is 3.16. The van der Waals surface area contributed by atoms with Crippen LogP contribution in [-0.4, -0.2) is 20.4 Å². The number of allylic oxidation sites excluding steroid dienone is 1. The van der Waals surface area contributed by atoms with Crippen molar-refractivity contribution in [2.24, 2.45) is 0 Å². The van der Waals surface area contributed by atoms with E-state index in [9.17, 15) is 9.90 Å². The van der Waals surface area contributed by atoms with Crippen LogP contribution in [0.15, 0.2) is 18.3 Å². The molecule has 1 atom stereocenters. The van der Waals surface area contributed by atoms with Crippen LogP contribution in [0.2, 0.25) is 0 Å². The summed E-state index contributed by atoms with van der Waals surface area (Å²) >= 11 is 21.4. The summed E-state index contributed by atoms with van der Waals surface area (Å²) < 4.78 is -1.60. The number of pyridine rings is 1. The standard InChI is InChI=1S/C11H7BrCl3NO2/c12-3-5-1-6-7(13)2-11(14,15)8(10(17)18)9(6)16-4-5/h1-2,4,8H,3H2,(H,17,18). The van der Waals surface area contributed by atoms with Crippen LogP contribution < -0.4 is 0 Å². The van der Waals surface area contributed by atoms with E-state index in [1.165, 1.54) is 6.08 Å². The maximum absolute atomic E-state index is 11.3. The van der Waals surface area contributed by atoms with Gasteiger partial charge in [-0.15, -0.1) is 0 Å². The van der Waals surface area contributed by atoms with E-state index in [0.29, 0.717) is 15.9 Å². The first kappa shape index (κ1) is 14.1. The molecule has 1 aliphatic rings. The first-order valence-electron chi connectivity index (χ1n) is 4.91. The number of carboxylic acids is 1. The summed E-state index contributed by atoms with van der Waals surface area (Å²) in [5.74, 6) is -2.27. The highest BCUT2D eigenvalue weighted by molar-refractivity contribution is 9.08. The molecule has 1 unspecified atom stereocenters. The van der Waals surface area contributed by atoms with Crippen molar-refractivity contribution < 1.29 is 9.90 Å². The smallest absolute Gasteiger partial charge is 0.316 e. The summed E-state index contributed by atoms with van der Waals surface area (Å²) in [7, 11) is 0. The maximum Gasteiger partial charge on any atom is 0.316 e. The van der Waals surface area contributed by atoms with Gasteiger partial charge in [0.25, 0.3) is 0 Å². The molecule has 0 amide bonds. The van der Waals surface area contributed by atoms with Crippen molar-refractivity contribution in [2.45, 2.75) is 15.6 Å². The van der Waals surface area contributed by atoms with Crippen molar-refractivity contribution in [3.8, 4) is 0 Å². The Morgan fingerprint density at radius 2 is 2.22 bits per heavy atom. The van der Waals surface area contributed by atoms with E-state index in [1.807, 2.05) is 0 Å². The van der Waals surface area contributed by atoms with Crippen LogP contribution in [0.1, 0.15) is 22.7 Å². The molecule has 96 valence electrons. The van der Waals surface area contributed by atoms with E-state index in [0.717, 1.165) is 5.56 Å². The lowest BCUT2D eigenvalue weighted by Crippen LogP contribution is -2.33. The monoisotopic (exact) mass is 369 g/mol. The third-order valence-electron chi connectivity index (χ3n) is 2.61. The number of nitrogens with zero attached hydrogens (tertiary/aromatic N) is 1. The van der Waals surface area contributed by atoms with Gasteiger partial charge in [0.15, 0.2) is 4.33 Å². The summed E-state index contributed by atoms with van der Waals surface area (Å²) in [4.78, 5) is 15.4. The Morgan fingerprint density at radius 3 is 2.78 bits per heavy atom. The van der Waals surface area contributed by atoms with Gasteiger partial charge in [0.05, 0.1) is 5.69 Å². The molecule has 18 heavy (non-hydrogen) atoms. The molecular formula is C11H7BrCl3NO2. The van der Waals surface area contributed by atoms with Crippen molar-refractivity contribution in [1.82, 2.24) is 4.98 Å². The molecule has 0 saturated carbocycles. The molecule has 1 aromatic rings. The molecule has 7 heteroatoms. The predicted octanol–water partition coefficient (Wildman–Crippen LogP) is 3.91. The van der Waals surface area contributed by atoms with Crippen molar-refractivity contribution in [3.63, 3.8) is 0 Å². The normalized spacial score (nSPS) is 21.1. The van der Waals surface area contributed by atoms with Crippen molar-refractivity contribution in [3.05, 3.63) is 35.2 Å². The fraction of sp³-hybridized carbons (Fsp3) is 0.273. The van der Waals surface area contributed by atoms with Crippen LogP contribution in [0.5, 0.6) is 0 Å². The van der Waals surface area contributed by atoms with Crippen molar-refractivity contribution in [2.75, 3.05) is 0 Å². The number of alkyl halides is 3. The highest BCUT2D eigenvalue weighted by Gasteiger charge is 2.45. The van der Waals surface area contributed by atoms with Crippen LogP contribution in [0, 0.1) is 0 Å². The number of halogens is 4. The lowest BCUT2D eigenvalue weighted by molar-refractivity contribution is -0.139. The number of carbonyl (C=O) groups is 1. The van der Waals surface area contributed by atoms with Crippen LogP contribution in [-0.2, 0) is 10.1 Å². The molecule has 1 N–H and O–H groups in total. The summed E-state index contributed by atoms with van der Waals surface area (Å²) in [6, 6.07) is 1.77. The van der Waals surface area contributed by atoms with Crippen molar-refractivity contribution in [1.29, 1.82) is 0 Å². The van der Waals surface area contributed by atoms with E-state index in [1.54, 1.807) is 12.3 Å². The Bertz CT molecular complexity index is 545. The quantitative estimate of drug-likeness (QED) is 0.802. The topological polar surface area (TPSA) is 50.2 Å². The molecule has 0 aliphatic heterocycles. The van der Waals surface area contributed by atoms with Gasteiger partial charge in [0, 0.05) is 22.1 Å². The van der Waals surface area contributed by atoms with E-state index < -0.39 is 16.2 Å². The Balaban J connectivity index is 2.65. The summed E-state index contributed by atoms with van der Waals surface area (Å²) in [6.45, 7) is 0. The van der Waals surface area contributed by atoms with Gasteiger partial charge < -0.3 is 5.11 Å². The number of hydrogen-bond acceptors (Lipinski definition) is 2. The van der Waals surface area contributed by atoms with Crippen molar-refractivity contribution >= 4 is 61.7 Å². The van der Waals surface area contributed by atoms with E-state index in [4.69, 9.17) is 34.8 Å². The zero-order chi connectivity index (χ0) is 13.5. The van der Waals surface area contributed by atoms with Gasteiger partial charge in [-0.05, 0) is 17.7 Å². The first-order valence-corrected chi connectivity index (χ1v) is 7.16. The summed E-state index contributed by atoms with van der Waals surface area (Å²) in [6.07, 6.45) is 2.90. The average Bonchev–Trinajstić information content (AvgIpc) is 2.26. The second kappa shape index (κ2) is 5.00. The number of rotatable bonds is 2. The zero-order valence-electron chi connectivity index (χ0n) is 8.83. The minimum absolute atomic E-state index is 0.282. The Kier molecular flexibility index (Phi) is 3.93. The van der Waals surface area contributed by atoms with Crippen LogP contribution in [0.3, 0.4) is 0 Å². The summed E-state index contributed by atoms with van der Waals surface area (Å²) in [5.41, 5.74) is 1.73. The Hall–Kier alpha value is -0.290. The lowest BCUT2D eigenvalue weighted by Gasteiger charge is -2.29. The van der Waals surface area contributed by atoms with E-state index in [-0.39, 0.29) is 5.69 Å². The number of hydrogen-bond donors (Lipinski definition) is 1. The highest BCUT2D eigenvalue weighted by Crippen LogP contribution is 2.47. The second-order valence-corrected chi connectivity index (χ2v) is 6.26. The van der Waals surface area contributed by atoms with Gasteiger partial charge in [-0.2, -0.15) is 0 Å². The van der Waals surface area contributed by atoms with Gasteiger partial charge in [-0.3, -0.25) is 9.78 Å². The molecular weight excluding hydrogens is 364 g/mol. The van der Waals surface area contributed by atoms with E-state index >= 15 is 0 Å². The Labute approximate surface area is 127 Å². The molecule has 3 nitrogen and oxygen atoms in total. The van der Waals surface area contributed by atoms with Gasteiger partial charge in [-0.25, -0.2) is 0 Å². The molecule has 2 rings (SSSR count). The molecule has 1 heterocycles. The minimum atomic E-state index is -1.60. The molecule has 0 fully saturated rings. The molecule has 1 aromatic heterocycles. The minimum Gasteiger partial charge on any atom is -0.481 e. The Morgan fingerprint density at radius 1 is 1.56 bits per heavy atom. The number of fused-ring (bicyclic) bond motifs is 1. The SMILES string of the molecule is O=C(O)C1c2ncc(CBr)cc2C(Cl)=CC1(Cl)Cl. The second-order valence-electron chi connectivity index (χ2n) is 3.85. The van der Waals surface area contributed by atoms with Gasteiger partial charge in [-0.1, -0.05) is 50.7 Å². The molecule has 1 aliphatic carbocycles. The number of carboxylic acid groups (broad SMARTS) is 1. The third kappa shape index (κ3) is 2.39.